The zero-order chi connectivity index (χ0) is 19.4. The first kappa shape index (κ1) is 18.9. The van der Waals surface area contributed by atoms with Gasteiger partial charge in [-0.15, -0.1) is 0 Å². The maximum Gasteiger partial charge on any atom is 0.352 e. The number of benzene rings is 1. The quantitative estimate of drug-likeness (QED) is 0.824. The van der Waals surface area contributed by atoms with Gasteiger partial charge in [0.05, 0.1) is 0 Å². The Bertz CT molecular complexity index is 942. The number of rotatable bonds is 4. The number of aromatic nitrogens is 2. The van der Waals surface area contributed by atoms with Gasteiger partial charge in [-0.1, -0.05) is 30.0 Å². The van der Waals surface area contributed by atoms with E-state index in [1.807, 2.05) is 0 Å². The van der Waals surface area contributed by atoms with Crippen LogP contribution in [0, 0.1) is 0 Å². The Morgan fingerprint density at radius 3 is 2.74 bits per heavy atom. The molecule has 2 aromatic rings. The second-order valence-electron chi connectivity index (χ2n) is 5.78. The molecule has 0 spiro atoms. The van der Waals surface area contributed by atoms with E-state index in [4.69, 9.17) is 4.74 Å². The van der Waals surface area contributed by atoms with Crippen molar-refractivity contribution in [2.75, 3.05) is 5.32 Å². The number of thioether (sulfide) groups is 1. The number of aliphatic hydroxyl groups excluding tert-OH is 1. The number of amides is 1. The monoisotopic (exact) mass is 387 g/mol. The fourth-order valence-corrected chi connectivity index (χ4v) is 2.98. The molecule has 1 aromatic heterocycles. The van der Waals surface area contributed by atoms with Crippen LogP contribution in [-0.4, -0.2) is 31.8 Å². The summed E-state index contributed by atoms with van der Waals surface area (Å²) in [6.45, 7) is 1.40. The fraction of sp³-hybridized carbons (Fsp3) is 0.222. The summed E-state index contributed by atoms with van der Waals surface area (Å²) < 4.78 is 6.78. The Morgan fingerprint density at radius 1 is 1.33 bits per heavy atom. The van der Waals surface area contributed by atoms with Crippen LogP contribution in [0.1, 0.15) is 29.9 Å². The Labute approximate surface area is 158 Å². The van der Waals surface area contributed by atoms with Gasteiger partial charge in [0.1, 0.15) is 17.7 Å². The van der Waals surface area contributed by atoms with E-state index in [2.05, 4.69) is 10.3 Å². The molecule has 1 aliphatic rings. The molecule has 1 aliphatic heterocycles. The van der Waals surface area contributed by atoms with Crippen LogP contribution in [0.5, 0.6) is 0 Å². The van der Waals surface area contributed by atoms with Crippen molar-refractivity contribution in [1.29, 1.82) is 0 Å². The lowest BCUT2D eigenvalue weighted by molar-refractivity contribution is -0.109. The lowest BCUT2D eigenvalue weighted by atomic mass is 10.2. The van der Waals surface area contributed by atoms with Gasteiger partial charge < -0.3 is 15.2 Å². The Balaban J connectivity index is 1.72. The van der Waals surface area contributed by atoms with Gasteiger partial charge >= 0.3 is 5.69 Å². The zero-order valence-electron chi connectivity index (χ0n) is 14.4. The SMILES string of the molecule is CC(=O)SC=C1O[C@@H](n2ccc(NC(=O)c3ccccc3)nc2=O)C[C@@H]1O. The topological polar surface area (TPSA) is 111 Å². The van der Waals surface area contributed by atoms with Crippen molar-refractivity contribution >= 4 is 28.6 Å². The maximum absolute atomic E-state index is 12.3. The second kappa shape index (κ2) is 8.19. The van der Waals surface area contributed by atoms with Gasteiger partial charge in [0, 0.05) is 30.5 Å². The first-order chi connectivity index (χ1) is 12.9. The molecule has 1 amide bonds. The number of carbonyl (C=O) groups is 2. The average Bonchev–Trinajstić information content (AvgIpc) is 3.01. The Morgan fingerprint density at radius 2 is 2.07 bits per heavy atom. The predicted molar refractivity (Wildman–Crippen MR) is 100.0 cm³/mol. The van der Waals surface area contributed by atoms with Crippen LogP contribution in [0.2, 0.25) is 0 Å². The van der Waals surface area contributed by atoms with Crippen LogP contribution in [0.3, 0.4) is 0 Å². The van der Waals surface area contributed by atoms with Crippen molar-refractivity contribution in [2.24, 2.45) is 0 Å². The second-order valence-corrected chi connectivity index (χ2v) is 6.82. The Hall–Kier alpha value is -2.91. The summed E-state index contributed by atoms with van der Waals surface area (Å²) in [4.78, 5) is 39.3. The van der Waals surface area contributed by atoms with Gasteiger partial charge in [0.15, 0.2) is 11.3 Å². The number of aliphatic hydroxyl groups is 1. The van der Waals surface area contributed by atoms with Crippen molar-refractivity contribution in [3.8, 4) is 0 Å². The summed E-state index contributed by atoms with van der Waals surface area (Å²) in [6.07, 6.45) is -0.0559. The van der Waals surface area contributed by atoms with Crippen LogP contribution in [0.4, 0.5) is 5.82 Å². The highest BCUT2D eigenvalue weighted by atomic mass is 32.2. The molecule has 1 aromatic carbocycles. The summed E-state index contributed by atoms with van der Waals surface area (Å²) in [5, 5.41) is 13.9. The average molecular weight is 387 g/mol. The molecule has 2 N–H and O–H groups in total. The number of ether oxygens (including phenoxy) is 1. The van der Waals surface area contributed by atoms with Crippen LogP contribution in [-0.2, 0) is 9.53 Å². The third kappa shape index (κ3) is 4.63. The van der Waals surface area contributed by atoms with Crippen molar-refractivity contribution in [1.82, 2.24) is 9.55 Å². The van der Waals surface area contributed by atoms with Gasteiger partial charge in [-0.25, -0.2) is 4.79 Å². The number of hydrogen-bond donors (Lipinski definition) is 2. The molecule has 3 rings (SSSR count). The van der Waals surface area contributed by atoms with E-state index < -0.39 is 18.0 Å². The molecule has 1 fully saturated rings. The standard InChI is InChI=1S/C18H17N3O5S/c1-11(22)27-10-14-13(23)9-16(26-14)21-8-7-15(20-18(21)25)19-17(24)12-5-3-2-4-6-12/h2-8,10,13,16,23H,9H2,1H3,(H,19,20,24,25)/t13-,16+/m0/s1. The van der Waals surface area contributed by atoms with Gasteiger partial charge in [-0.2, -0.15) is 4.98 Å². The van der Waals surface area contributed by atoms with E-state index in [1.165, 1.54) is 29.2 Å². The smallest absolute Gasteiger partial charge is 0.352 e. The molecular formula is C18H17N3O5S. The van der Waals surface area contributed by atoms with E-state index >= 15 is 0 Å². The molecule has 140 valence electrons. The summed E-state index contributed by atoms with van der Waals surface area (Å²) in [7, 11) is 0. The third-order valence-electron chi connectivity index (χ3n) is 3.78. The van der Waals surface area contributed by atoms with Gasteiger partial charge in [-0.05, 0) is 18.2 Å². The highest BCUT2D eigenvalue weighted by molar-refractivity contribution is 8.16. The number of nitrogens with one attached hydrogen (secondary N) is 1. The molecule has 0 aliphatic carbocycles. The summed E-state index contributed by atoms with van der Waals surface area (Å²) in [5.41, 5.74) is -0.179. The summed E-state index contributed by atoms with van der Waals surface area (Å²) in [5.74, 6) is -0.0284. The Kier molecular flexibility index (Phi) is 5.72. The fourth-order valence-electron chi connectivity index (χ4n) is 2.49. The van der Waals surface area contributed by atoms with E-state index in [0.29, 0.717) is 5.56 Å². The molecule has 2 heterocycles. The van der Waals surface area contributed by atoms with Crippen molar-refractivity contribution in [2.45, 2.75) is 25.7 Å². The maximum atomic E-state index is 12.3. The minimum Gasteiger partial charge on any atom is -0.471 e. The number of carbonyl (C=O) groups excluding carboxylic acids is 2. The molecule has 27 heavy (non-hydrogen) atoms. The predicted octanol–water partition coefficient (Wildman–Crippen LogP) is 1.90. The molecular weight excluding hydrogens is 370 g/mol. The lowest BCUT2D eigenvalue weighted by Crippen LogP contribution is -2.28. The van der Waals surface area contributed by atoms with Crippen molar-refractivity contribution in [3.05, 3.63) is 69.8 Å². The van der Waals surface area contributed by atoms with Gasteiger partial charge in [0.25, 0.3) is 5.91 Å². The van der Waals surface area contributed by atoms with E-state index in [0.717, 1.165) is 11.8 Å². The minimum absolute atomic E-state index is 0.117. The molecule has 1 saturated heterocycles. The molecule has 0 radical (unpaired) electrons. The van der Waals surface area contributed by atoms with Crippen LogP contribution in [0.25, 0.3) is 0 Å². The summed E-state index contributed by atoms with van der Waals surface area (Å²) >= 11 is 0.904. The van der Waals surface area contributed by atoms with E-state index in [9.17, 15) is 19.5 Å². The first-order valence-electron chi connectivity index (χ1n) is 8.11. The molecule has 9 heteroatoms. The summed E-state index contributed by atoms with van der Waals surface area (Å²) in [6, 6.07) is 10.0. The van der Waals surface area contributed by atoms with Crippen LogP contribution in [0.15, 0.2) is 58.6 Å². The molecule has 0 bridgehead atoms. The zero-order valence-corrected chi connectivity index (χ0v) is 15.2. The molecule has 0 unspecified atom stereocenters. The molecule has 8 nitrogen and oxygen atoms in total. The molecule has 0 saturated carbocycles. The van der Waals surface area contributed by atoms with E-state index in [1.54, 1.807) is 30.3 Å². The van der Waals surface area contributed by atoms with Gasteiger partial charge in [-0.3, -0.25) is 14.2 Å². The lowest BCUT2D eigenvalue weighted by Gasteiger charge is -2.13. The first-order valence-corrected chi connectivity index (χ1v) is 8.99. The van der Waals surface area contributed by atoms with Crippen LogP contribution >= 0.6 is 11.8 Å². The van der Waals surface area contributed by atoms with E-state index in [-0.39, 0.29) is 29.0 Å². The number of hydrogen-bond acceptors (Lipinski definition) is 7. The highest BCUT2D eigenvalue weighted by Gasteiger charge is 2.31. The minimum atomic E-state index is -0.911. The normalized spacial score (nSPS) is 20.3. The number of anilines is 1. The van der Waals surface area contributed by atoms with Crippen LogP contribution < -0.4 is 11.0 Å². The highest BCUT2D eigenvalue weighted by Crippen LogP contribution is 2.32. The van der Waals surface area contributed by atoms with Gasteiger partial charge in [0.2, 0.25) is 0 Å². The van der Waals surface area contributed by atoms with Crippen molar-refractivity contribution in [3.63, 3.8) is 0 Å². The van der Waals surface area contributed by atoms with Crippen molar-refractivity contribution < 1.29 is 19.4 Å². The largest absolute Gasteiger partial charge is 0.471 e. The number of nitrogens with zero attached hydrogens (tertiary/aromatic N) is 2. The third-order valence-corrected chi connectivity index (χ3v) is 4.47. The molecule has 2 atom stereocenters.